The maximum Gasteiger partial charge on any atom is 0.279 e. The minimum atomic E-state index is -4.66. The molecule has 0 radical (unpaired) electrons. The summed E-state index contributed by atoms with van der Waals surface area (Å²) < 4.78 is 122. The molecule has 0 aliphatic carbocycles. The fraction of sp³-hybridized carbons (Fsp3) is 0.262. The third-order valence-electron chi connectivity index (χ3n) is 17.4. The van der Waals surface area contributed by atoms with E-state index >= 15 is 0 Å². The largest absolute Gasteiger partial charge is 0.383 e. The molecule has 5 aliphatic rings. The molecule has 14 rings (SSSR count). The van der Waals surface area contributed by atoms with Crippen LogP contribution in [-0.2, 0) is 54.5 Å². The smallest absolute Gasteiger partial charge is 0.279 e. The van der Waals surface area contributed by atoms with Gasteiger partial charge in [-0.15, -0.1) is 37.7 Å². The molecule has 5 saturated heterocycles. The van der Waals surface area contributed by atoms with E-state index in [9.17, 15) is 57.6 Å². The number of thiazole rings is 3. The number of nitrogens with one attached hydrogen (secondary N) is 2. The summed E-state index contributed by atoms with van der Waals surface area (Å²) in [6, 6.07) is 32.4. The summed E-state index contributed by atoms with van der Waals surface area (Å²) in [5.74, 6) is -0.517. The summed E-state index contributed by atoms with van der Waals surface area (Å²) in [6.07, 6.45) is 6.82. The number of halogens is 5. The molecular formula is C65H60Cl4FN11O12S7. The molecule has 5 aliphatic heterocycles. The lowest BCUT2D eigenvalue weighted by molar-refractivity contribution is -0.124. The zero-order chi connectivity index (χ0) is 70.8. The third-order valence-corrected chi connectivity index (χ3v) is 27.7. The van der Waals surface area contributed by atoms with Crippen molar-refractivity contribution in [3.8, 4) is 0 Å². The first kappa shape index (κ1) is 72.6. The van der Waals surface area contributed by atoms with Gasteiger partial charge in [-0.2, -0.15) is 16.8 Å². The molecule has 9 aromatic rings. The van der Waals surface area contributed by atoms with Gasteiger partial charge in [-0.1, -0.05) is 46.4 Å². The standard InChI is InChI=1S/2C23H22Cl2N4O3S2.C19H16FN3O6S3/c2*24-17-11-16(12-18(25)13-17)15-5-8-28(14-15)21-6-9-29(22(21)30)19-1-3-20(4-2-19)34(31,32)27-23-26-7-10-33-23;20-13-1-5-15(6-2-13)31(26,27)23(19-21-10-12-30-19)32(28,29)16-7-3-14(4-8-16)22-11-9-17(24)18(22)25/h2*1-4,7,10-13,15,21H,5-6,8-9,14H2,(H,26,27);1-8,10,12,17,24H,9,11H2/t15-,21+;15-,21-;17-/m101/s1. The number of hydrogen-bond acceptors (Lipinski definition) is 20. The first-order chi connectivity index (χ1) is 47.7. The summed E-state index contributed by atoms with van der Waals surface area (Å²) in [5.41, 5.74) is 3.96. The van der Waals surface area contributed by atoms with Gasteiger partial charge in [0.1, 0.15) is 11.9 Å². The summed E-state index contributed by atoms with van der Waals surface area (Å²) in [6.45, 7) is 4.68. The van der Waals surface area contributed by atoms with E-state index < -0.39 is 62.8 Å². The van der Waals surface area contributed by atoms with Crippen LogP contribution >= 0.6 is 80.4 Å². The van der Waals surface area contributed by atoms with Crippen molar-refractivity contribution in [1.29, 1.82) is 0 Å². The molecule has 5 fully saturated rings. The van der Waals surface area contributed by atoms with Gasteiger partial charge in [-0.05, 0) is 195 Å². The van der Waals surface area contributed by atoms with Crippen molar-refractivity contribution in [2.75, 3.05) is 73.7 Å². The second-order valence-electron chi connectivity index (χ2n) is 23.6. The highest BCUT2D eigenvalue weighted by atomic mass is 35.5. The Hall–Kier alpha value is -7.21. The maximum absolute atomic E-state index is 13.4. The van der Waals surface area contributed by atoms with Gasteiger partial charge in [-0.25, -0.2) is 36.2 Å². The molecule has 3 amide bonds. The van der Waals surface area contributed by atoms with Crippen LogP contribution in [0.15, 0.2) is 188 Å². The van der Waals surface area contributed by atoms with Crippen molar-refractivity contribution in [3.63, 3.8) is 0 Å². The van der Waals surface area contributed by atoms with Gasteiger partial charge < -0.3 is 19.8 Å². The number of carbonyl (C=O) groups is 3. The highest BCUT2D eigenvalue weighted by molar-refractivity contribution is 8.10. The van der Waals surface area contributed by atoms with Gasteiger partial charge in [0.15, 0.2) is 10.3 Å². The molecule has 524 valence electrons. The minimum absolute atomic E-state index is 0.0429. The van der Waals surface area contributed by atoms with Crippen LogP contribution in [0, 0.1) is 5.82 Å². The van der Waals surface area contributed by atoms with Crippen LogP contribution in [0.25, 0.3) is 0 Å². The summed E-state index contributed by atoms with van der Waals surface area (Å²) in [7, 11) is -16.8. The number of hydrogen-bond donors (Lipinski definition) is 3. The molecule has 3 N–H and O–H groups in total. The average Bonchev–Trinajstić information content (AvgIpc) is 0.911. The fourth-order valence-electron chi connectivity index (χ4n) is 12.5. The van der Waals surface area contributed by atoms with E-state index in [2.05, 4.69) is 34.2 Å². The Kier molecular flexibility index (Phi) is 22.1. The van der Waals surface area contributed by atoms with E-state index in [4.69, 9.17) is 46.4 Å². The van der Waals surface area contributed by atoms with Crippen molar-refractivity contribution < 1.29 is 57.6 Å². The Morgan fingerprint density at radius 3 is 1.17 bits per heavy atom. The van der Waals surface area contributed by atoms with Gasteiger partial charge in [0.2, 0.25) is 16.9 Å². The molecule has 23 nitrogen and oxygen atoms in total. The lowest BCUT2D eigenvalue weighted by atomic mass is 9.98. The Labute approximate surface area is 608 Å². The van der Waals surface area contributed by atoms with Crippen LogP contribution in [-0.4, -0.2) is 145 Å². The average molecular weight is 1570 g/mol. The second-order valence-corrected chi connectivity index (χ2v) is 35.2. The maximum atomic E-state index is 13.4. The van der Waals surface area contributed by atoms with Crippen molar-refractivity contribution in [1.82, 2.24) is 24.8 Å². The molecule has 8 heterocycles. The van der Waals surface area contributed by atoms with Crippen LogP contribution in [0.3, 0.4) is 0 Å². The number of amides is 3. The number of likely N-dealkylation sites (tertiary alicyclic amines) is 2. The monoisotopic (exact) mass is 1570 g/mol. The summed E-state index contributed by atoms with van der Waals surface area (Å²) in [4.78, 5) is 59.0. The predicted molar refractivity (Wildman–Crippen MR) is 386 cm³/mol. The number of rotatable bonds is 18. The molecule has 100 heavy (non-hydrogen) atoms. The Morgan fingerprint density at radius 1 is 0.450 bits per heavy atom. The molecule has 0 spiro atoms. The van der Waals surface area contributed by atoms with Crippen LogP contribution < -0.4 is 27.9 Å². The first-order valence-electron chi connectivity index (χ1n) is 30.8. The normalized spacial score (nSPS) is 20.0. The molecular weight excluding hydrogens is 1510 g/mol. The lowest BCUT2D eigenvalue weighted by Gasteiger charge is -2.23. The molecule has 0 bridgehead atoms. The molecule has 6 aromatic carbocycles. The van der Waals surface area contributed by atoms with Gasteiger partial charge >= 0.3 is 0 Å². The molecule has 0 unspecified atom stereocenters. The fourth-order valence-corrected chi connectivity index (χ4v) is 21.9. The highest BCUT2D eigenvalue weighted by Gasteiger charge is 2.43. The minimum Gasteiger partial charge on any atom is -0.383 e. The Morgan fingerprint density at radius 2 is 0.810 bits per heavy atom. The van der Waals surface area contributed by atoms with Crippen LogP contribution in [0.2, 0.25) is 20.1 Å². The van der Waals surface area contributed by atoms with E-state index in [1.807, 2.05) is 24.3 Å². The number of sulfonamides is 4. The van der Waals surface area contributed by atoms with Gasteiger partial charge in [0.05, 0.1) is 31.7 Å². The van der Waals surface area contributed by atoms with Gasteiger partial charge in [0, 0.05) is 111 Å². The zero-order valence-corrected chi connectivity index (χ0v) is 61.0. The Bertz CT molecular complexity index is 4690. The van der Waals surface area contributed by atoms with Crippen molar-refractivity contribution in [3.05, 3.63) is 205 Å². The van der Waals surface area contributed by atoms with Crippen molar-refractivity contribution in [2.45, 2.75) is 81.7 Å². The number of aliphatic hydroxyl groups excluding tert-OH is 1. The Balaban J connectivity index is 0.000000142. The van der Waals surface area contributed by atoms with Crippen LogP contribution in [0.1, 0.15) is 55.1 Å². The number of anilines is 6. The lowest BCUT2D eigenvalue weighted by Crippen LogP contribution is -2.40. The predicted octanol–water partition coefficient (Wildman–Crippen LogP) is 11.7. The topological polar surface area (TPSA) is 290 Å². The number of nitrogens with zero attached hydrogens (tertiary/aromatic N) is 9. The van der Waals surface area contributed by atoms with E-state index in [0.29, 0.717) is 60.5 Å². The number of carbonyl (C=O) groups excluding carboxylic acids is 3. The van der Waals surface area contributed by atoms with Gasteiger partial charge in [0.25, 0.3) is 46.0 Å². The van der Waals surface area contributed by atoms with Crippen LogP contribution in [0.5, 0.6) is 0 Å². The van der Waals surface area contributed by atoms with Crippen molar-refractivity contribution >= 4 is 171 Å². The number of aromatic nitrogens is 3. The molecule has 5 atom stereocenters. The van der Waals surface area contributed by atoms with Crippen LogP contribution in [0.4, 0.5) is 36.8 Å². The van der Waals surface area contributed by atoms with Crippen molar-refractivity contribution in [2.24, 2.45) is 0 Å². The first-order valence-corrected chi connectivity index (χ1v) is 40.8. The van der Waals surface area contributed by atoms with E-state index in [1.165, 1.54) is 100 Å². The molecule has 35 heteroatoms. The quantitative estimate of drug-likeness (QED) is 0.0719. The molecule has 3 aromatic heterocycles. The highest BCUT2D eigenvalue weighted by Crippen LogP contribution is 2.39. The SMILES string of the molecule is O=C1[C@@H](N2CC[C@@H](c3cc(Cl)cc(Cl)c3)C2)CCN1c1ccc(S(=O)(=O)Nc2nccs2)cc1.O=C1[C@@H](N2CC[C@H](c3cc(Cl)cc(Cl)c3)C2)CCN1c1ccc(S(=O)(=O)Nc2nccs2)cc1.O=C1[C@H](O)CCN1c1ccc(S(=O)(=O)N(c2nccs2)S(=O)(=O)c2ccc(F)cc2)cc1. The number of aliphatic hydroxyl groups is 1. The summed E-state index contributed by atoms with van der Waals surface area (Å²) in [5, 5.41) is 17.2. The number of benzene rings is 6. The molecule has 0 saturated carbocycles. The van der Waals surface area contributed by atoms with E-state index in [1.54, 1.807) is 57.0 Å². The van der Waals surface area contributed by atoms with Gasteiger partial charge in [-0.3, -0.25) is 33.6 Å². The summed E-state index contributed by atoms with van der Waals surface area (Å²) >= 11 is 27.9. The van der Waals surface area contributed by atoms with E-state index in [0.717, 1.165) is 98.6 Å². The zero-order valence-electron chi connectivity index (χ0n) is 52.2. The second kappa shape index (κ2) is 30.4. The van der Waals surface area contributed by atoms with E-state index in [-0.39, 0.29) is 72.2 Å². The third kappa shape index (κ3) is 16.2.